The smallest absolute Gasteiger partial charge is 0.326 e. The topological polar surface area (TPSA) is 43.8 Å². The zero-order valence-electron chi connectivity index (χ0n) is 7.38. The van der Waals surface area contributed by atoms with Crippen molar-refractivity contribution in [2.75, 3.05) is 0 Å². The van der Waals surface area contributed by atoms with Crippen molar-refractivity contribution in [1.82, 2.24) is 9.55 Å². The number of halogens is 3. The van der Waals surface area contributed by atoms with Crippen LogP contribution in [0.25, 0.3) is 0 Å². The van der Waals surface area contributed by atoms with Crippen LogP contribution in [0.3, 0.4) is 0 Å². The highest BCUT2D eigenvalue weighted by atomic mass is 19.4. The van der Waals surface area contributed by atoms with Crippen molar-refractivity contribution in [2.45, 2.75) is 31.6 Å². The Morgan fingerprint density at radius 3 is 2.86 bits per heavy atom. The van der Waals surface area contributed by atoms with Gasteiger partial charge in [0.15, 0.2) is 0 Å². The Morgan fingerprint density at radius 2 is 2.21 bits per heavy atom. The molecule has 78 valence electrons. The maximum Gasteiger partial charge on any atom is 0.449 e. The van der Waals surface area contributed by atoms with Crippen LogP contribution in [0.2, 0.25) is 0 Å². The maximum atomic E-state index is 12.4. The molecule has 1 atom stereocenters. The van der Waals surface area contributed by atoms with E-state index in [0.717, 1.165) is 6.42 Å². The first-order chi connectivity index (χ1) is 6.48. The molecule has 2 rings (SSSR count). The highest BCUT2D eigenvalue weighted by Crippen LogP contribution is 2.30. The Balaban J connectivity index is 2.41. The van der Waals surface area contributed by atoms with Gasteiger partial charge in [-0.3, -0.25) is 0 Å². The molecule has 2 heterocycles. The first kappa shape index (κ1) is 9.51. The summed E-state index contributed by atoms with van der Waals surface area (Å²) in [6, 6.07) is -0.196. The molecule has 0 saturated heterocycles. The van der Waals surface area contributed by atoms with E-state index in [1.807, 2.05) is 0 Å². The Bertz CT molecular complexity index is 342. The molecule has 0 bridgehead atoms. The molecule has 3 nitrogen and oxygen atoms in total. The molecule has 0 radical (unpaired) electrons. The first-order valence-corrected chi connectivity index (χ1v) is 4.35. The second-order valence-corrected chi connectivity index (χ2v) is 3.48. The molecule has 0 spiro atoms. The van der Waals surface area contributed by atoms with Gasteiger partial charge >= 0.3 is 6.18 Å². The molecule has 1 aliphatic heterocycles. The van der Waals surface area contributed by atoms with E-state index in [-0.39, 0.29) is 12.6 Å². The first-order valence-electron chi connectivity index (χ1n) is 4.35. The van der Waals surface area contributed by atoms with Crippen molar-refractivity contribution in [2.24, 2.45) is 5.73 Å². The third-order valence-electron chi connectivity index (χ3n) is 2.38. The molecule has 0 fully saturated rings. The van der Waals surface area contributed by atoms with Gasteiger partial charge in [0.1, 0.15) is 0 Å². The average Bonchev–Trinajstić information content (AvgIpc) is 2.45. The van der Waals surface area contributed by atoms with Crippen LogP contribution in [0.4, 0.5) is 13.2 Å². The van der Waals surface area contributed by atoms with E-state index in [1.54, 1.807) is 0 Å². The van der Waals surface area contributed by atoms with E-state index >= 15 is 0 Å². The third-order valence-corrected chi connectivity index (χ3v) is 2.38. The maximum absolute atomic E-state index is 12.4. The van der Waals surface area contributed by atoms with Crippen LogP contribution in [0.15, 0.2) is 6.20 Å². The lowest BCUT2D eigenvalue weighted by atomic mass is 10.1. The molecule has 0 amide bonds. The fourth-order valence-corrected chi connectivity index (χ4v) is 1.70. The Kier molecular flexibility index (Phi) is 2.02. The summed E-state index contributed by atoms with van der Waals surface area (Å²) < 4.78 is 38.4. The van der Waals surface area contributed by atoms with E-state index in [1.165, 1.54) is 10.8 Å². The minimum Gasteiger partial charge on any atom is -0.326 e. The molecule has 1 unspecified atom stereocenters. The number of imidazole rings is 1. The predicted octanol–water partition coefficient (Wildman–Crippen LogP) is 1.18. The minimum atomic E-state index is -4.38. The van der Waals surface area contributed by atoms with Gasteiger partial charge in [-0.25, -0.2) is 4.98 Å². The van der Waals surface area contributed by atoms with Crippen LogP contribution in [-0.4, -0.2) is 15.6 Å². The molecule has 1 aromatic heterocycles. The standard InChI is InChI=1S/C8H10F3N3/c9-8(10,11)7-13-3-6-2-1-5(12)4-14(6)7/h3,5H,1-2,4,12H2. The van der Waals surface area contributed by atoms with Crippen molar-refractivity contribution < 1.29 is 13.2 Å². The number of aromatic nitrogens is 2. The monoisotopic (exact) mass is 205 g/mol. The van der Waals surface area contributed by atoms with Gasteiger partial charge in [-0.15, -0.1) is 0 Å². The van der Waals surface area contributed by atoms with E-state index in [9.17, 15) is 13.2 Å². The normalized spacial score (nSPS) is 22.1. The second kappa shape index (κ2) is 2.98. The minimum absolute atomic E-state index is 0.196. The van der Waals surface area contributed by atoms with Crippen molar-refractivity contribution in [3.05, 3.63) is 17.7 Å². The fourth-order valence-electron chi connectivity index (χ4n) is 1.70. The number of hydrogen-bond donors (Lipinski definition) is 1. The van der Waals surface area contributed by atoms with Gasteiger partial charge in [-0.05, 0) is 12.8 Å². The number of hydrogen-bond acceptors (Lipinski definition) is 2. The molecule has 6 heteroatoms. The zero-order valence-corrected chi connectivity index (χ0v) is 7.38. The summed E-state index contributed by atoms with van der Waals surface area (Å²) >= 11 is 0. The van der Waals surface area contributed by atoms with Gasteiger partial charge in [0.25, 0.3) is 0 Å². The molecule has 14 heavy (non-hydrogen) atoms. The van der Waals surface area contributed by atoms with Crippen LogP contribution in [0.5, 0.6) is 0 Å². The van der Waals surface area contributed by atoms with Gasteiger partial charge in [-0.2, -0.15) is 13.2 Å². The highest BCUT2D eigenvalue weighted by molar-refractivity contribution is 5.11. The lowest BCUT2D eigenvalue weighted by molar-refractivity contribution is -0.147. The van der Waals surface area contributed by atoms with Crippen molar-refractivity contribution >= 4 is 0 Å². The molecular formula is C8H10F3N3. The summed E-state index contributed by atoms with van der Waals surface area (Å²) in [4.78, 5) is 3.39. The number of rotatable bonds is 0. The average molecular weight is 205 g/mol. The Labute approximate surface area is 78.7 Å². The number of alkyl halides is 3. The van der Waals surface area contributed by atoms with Crippen molar-refractivity contribution in [3.63, 3.8) is 0 Å². The molecular weight excluding hydrogens is 195 g/mol. The van der Waals surface area contributed by atoms with Crippen LogP contribution in [0, 0.1) is 0 Å². The zero-order chi connectivity index (χ0) is 10.3. The second-order valence-electron chi connectivity index (χ2n) is 3.48. The van der Waals surface area contributed by atoms with E-state index in [2.05, 4.69) is 4.98 Å². The summed E-state index contributed by atoms with van der Waals surface area (Å²) in [6.45, 7) is 0.212. The number of nitrogens with zero attached hydrogens (tertiary/aromatic N) is 2. The molecule has 2 N–H and O–H groups in total. The summed E-state index contributed by atoms with van der Waals surface area (Å²) in [5.74, 6) is -0.831. The van der Waals surface area contributed by atoms with Gasteiger partial charge < -0.3 is 10.3 Å². The third kappa shape index (κ3) is 1.50. The summed E-state index contributed by atoms with van der Waals surface area (Å²) in [5.41, 5.74) is 6.23. The molecule has 0 aliphatic carbocycles. The van der Waals surface area contributed by atoms with Gasteiger partial charge in [0.05, 0.1) is 0 Å². The fraction of sp³-hybridized carbons (Fsp3) is 0.625. The Morgan fingerprint density at radius 1 is 1.50 bits per heavy atom. The largest absolute Gasteiger partial charge is 0.449 e. The summed E-state index contributed by atoms with van der Waals surface area (Å²) in [5, 5.41) is 0. The highest BCUT2D eigenvalue weighted by Gasteiger charge is 2.38. The van der Waals surface area contributed by atoms with E-state index in [4.69, 9.17) is 5.73 Å². The lowest BCUT2D eigenvalue weighted by Gasteiger charge is -2.22. The molecule has 1 aliphatic rings. The molecule has 1 aromatic rings. The van der Waals surface area contributed by atoms with Crippen LogP contribution >= 0.6 is 0 Å². The van der Waals surface area contributed by atoms with E-state index < -0.39 is 12.0 Å². The van der Waals surface area contributed by atoms with Gasteiger partial charge in [0.2, 0.25) is 5.82 Å². The summed E-state index contributed by atoms with van der Waals surface area (Å²) in [6.07, 6.45) is -1.79. The van der Waals surface area contributed by atoms with Crippen molar-refractivity contribution in [3.8, 4) is 0 Å². The van der Waals surface area contributed by atoms with Crippen LogP contribution in [0.1, 0.15) is 17.9 Å². The quantitative estimate of drug-likeness (QED) is 0.691. The van der Waals surface area contributed by atoms with Gasteiger partial charge in [0, 0.05) is 24.5 Å². The van der Waals surface area contributed by atoms with Crippen LogP contribution < -0.4 is 5.73 Å². The van der Waals surface area contributed by atoms with Gasteiger partial charge in [-0.1, -0.05) is 0 Å². The number of aryl methyl sites for hydroxylation is 1. The van der Waals surface area contributed by atoms with E-state index in [0.29, 0.717) is 12.1 Å². The Hall–Kier alpha value is -1.04. The SMILES string of the molecule is NC1CCc2cnc(C(F)(F)F)n2C1. The van der Waals surface area contributed by atoms with Crippen molar-refractivity contribution in [1.29, 1.82) is 0 Å². The molecule has 0 aromatic carbocycles. The lowest BCUT2D eigenvalue weighted by Crippen LogP contribution is -2.33. The predicted molar refractivity (Wildman–Crippen MR) is 43.5 cm³/mol. The number of nitrogens with two attached hydrogens (primary N) is 1. The number of fused-ring (bicyclic) bond motifs is 1. The molecule has 0 saturated carbocycles. The summed E-state index contributed by atoms with van der Waals surface area (Å²) in [7, 11) is 0. The van der Waals surface area contributed by atoms with Crippen LogP contribution in [-0.2, 0) is 19.1 Å².